The number of fused-ring (bicyclic) bond motifs is 1. The molecule has 0 fully saturated rings. The van der Waals surface area contributed by atoms with Crippen molar-refractivity contribution in [1.29, 1.82) is 0 Å². The van der Waals surface area contributed by atoms with Crippen LogP contribution in [0.25, 0.3) is 22.0 Å². The first kappa shape index (κ1) is 19.1. The van der Waals surface area contributed by atoms with E-state index in [1.807, 2.05) is 35.7 Å². The van der Waals surface area contributed by atoms with Crippen molar-refractivity contribution in [1.82, 2.24) is 9.97 Å². The van der Waals surface area contributed by atoms with Crippen LogP contribution in [0.2, 0.25) is 0 Å². The van der Waals surface area contributed by atoms with Crippen LogP contribution < -0.4 is 9.64 Å². The average molecular weight is 409 g/mol. The predicted molar refractivity (Wildman–Crippen MR) is 110 cm³/mol. The number of anilines is 1. The van der Waals surface area contributed by atoms with E-state index in [1.54, 1.807) is 26.1 Å². The Kier molecular flexibility index (Phi) is 5.02. The molecule has 1 aliphatic rings. The van der Waals surface area contributed by atoms with Gasteiger partial charge in [-0.25, -0.2) is 9.78 Å². The van der Waals surface area contributed by atoms with Gasteiger partial charge in [-0.05, 0) is 44.2 Å². The fraction of sp³-hybridized carbons (Fsp3) is 0.238. The number of benzene rings is 1. The first-order valence-corrected chi connectivity index (χ1v) is 9.96. The summed E-state index contributed by atoms with van der Waals surface area (Å²) >= 11 is 1.49. The molecule has 7 nitrogen and oxygen atoms in total. The van der Waals surface area contributed by atoms with E-state index >= 15 is 0 Å². The van der Waals surface area contributed by atoms with Crippen LogP contribution in [0.15, 0.2) is 48.0 Å². The topological polar surface area (TPSA) is 81.6 Å². The van der Waals surface area contributed by atoms with Gasteiger partial charge in [0.05, 0.1) is 24.2 Å². The minimum Gasteiger partial charge on any atom is -0.479 e. The van der Waals surface area contributed by atoms with Crippen LogP contribution in [0.3, 0.4) is 0 Å². The lowest BCUT2D eigenvalue weighted by Gasteiger charge is -2.35. The Hall–Kier alpha value is -3.26. The molecule has 0 bridgehead atoms. The molecule has 0 saturated carbocycles. The number of hydrogen-bond acceptors (Lipinski definition) is 7. The van der Waals surface area contributed by atoms with Crippen LogP contribution in [0, 0.1) is 0 Å². The smallest absolute Gasteiger partial charge is 0.328 e. The Labute approximate surface area is 171 Å². The minimum absolute atomic E-state index is 0.292. The fourth-order valence-corrected chi connectivity index (χ4v) is 4.01. The Morgan fingerprint density at radius 3 is 2.83 bits per heavy atom. The van der Waals surface area contributed by atoms with Crippen molar-refractivity contribution in [2.24, 2.45) is 0 Å². The highest BCUT2D eigenvalue weighted by Gasteiger charge is 2.37. The molecule has 0 aliphatic carbocycles. The molecule has 2 unspecified atom stereocenters. The van der Waals surface area contributed by atoms with E-state index in [0.29, 0.717) is 11.4 Å². The van der Waals surface area contributed by atoms with Crippen LogP contribution >= 0.6 is 11.3 Å². The summed E-state index contributed by atoms with van der Waals surface area (Å²) in [6.07, 6.45) is 1.04. The number of methoxy groups -OCH3 is 1. The molecule has 0 N–H and O–H groups in total. The second-order valence-electron chi connectivity index (χ2n) is 6.60. The molecule has 0 radical (unpaired) electrons. The molecule has 1 aromatic carbocycles. The molecule has 1 amide bonds. The molecule has 3 aromatic rings. The Bertz CT molecular complexity index is 1070. The van der Waals surface area contributed by atoms with E-state index in [0.717, 1.165) is 22.0 Å². The number of amides is 1. The average Bonchev–Trinajstić information content (AvgIpc) is 3.24. The summed E-state index contributed by atoms with van der Waals surface area (Å²) in [6, 6.07) is 10.4. The molecular weight excluding hydrogens is 390 g/mol. The quantitative estimate of drug-likeness (QED) is 0.613. The molecule has 0 saturated heterocycles. The number of rotatable bonds is 4. The van der Waals surface area contributed by atoms with E-state index in [2.05, 4.69) is 9.97 Å². The molecule has 148 valence electrons. The minimum atomic E-state index is -0.771. The summed E-state index contributed by atoms with van der Waals surface area (Å²) in [6.45, 7) is 3.30. The van der Waals surface area contributed by atoms with Gasteiger partial charge < -0.3 is 9.47 Å². The summed E-state index contributed by atoms with van der Waals surface area (Å²) in [5.41, 5.74) is 2.90. The Morgan fingerprint density at radius 1 is 1.28 bits per heavy atom. The number of nitrogens with zero attached hydrogens (tertiary/aromatic N) is 3. The lowest BCUT2D eigenvalue weighted by Crippen LogP contribution is -2.51. The number of carbonyl (C=O) groups excluding carboxylic acids is 2. The third-order valence-electron chi connectivity index (χ3n) is 4.72. The van der Waals surface area contributed by atoms with E-state index in [4.69, 9.17) is 9.47 Å². The van der Waals surface area contributed by atoms with Crippen LogP contribution in [0.1, 0.15) is 13.8 Å². The highest BCUT2D eigenvalue weighted by Crippen LogP contribution is 2.39. The first-order valence-electron chi connectivity index (χ1n) is 9.08. The van der Waals surface area contributed by atoms with Gasteiger partial charge in [0.1, 0.15) is 16.8 Å². The molecule has 29 heavy (non-hydrogen) atoms. The van der Waals surface area contributed by atoms with Gasteiger partial charge >= 0.3 is 5.97 Å². The largest absolute Gasteiger partial charge is 0.479 e. The molecule has 8 heteroatoms. The fourth-order valence-electron chi connectivity index (χ4n) is 3.21. The van der Waals surface area contributed by atoms with Crippen LogP contribution in [0.5, 0.6) is 5.75 Å². The maximum absolute atomic E-state index is 12.8. The monoisotopic (exact) mass is 409 g/mol. The molecule has 0 spiro atoms. The summed E-state index contributed by atoms with van der Waals surface area (Å²) < 4.78 is 10.6. The molecule has 4 rings (SSSR count). The number of thiazole rings is 1. The van der Waals surface area contributed by atoms with Gasteiger partial charge in [-0.15, -0.1) is 11.3 Å². The van der Waals surface area contributed by atoms with E-state index in [-0.39, 0.29) is 5.91 Å². The van der Waals surface area contributed by atoms with Crippen molar-refractivity contribution in [3.63, 3.8) is 0 Å². The van der Waals surface area contributed by atoms with Gasteiger partial charge in [-0.3, -0.25) is 14.7 Å². The summed E-state index contributed by atoms with van der Waals surface area (Å²) in [7, 11) is 1.30. The molecular formula is C21H19N3O4S. The van der Waals surface area contributed by atoms with Crippen molar-refractivity contribution in [2.75, 3.05) is 12.0 Å². The van der Waals surface area contributed by atoms with Crippen molar-refractivity contribution >= 4 is 28.9 Å². The zero-order valence-electron chi connectivity index (χ0n) is 16.2. The van der Waals surface area contributed by atoms with Gasteiger partial charge in [-0.1, -0.05) is 6.07 Å². The normalized spacial score (nSPS) is 16.7. The third kappa shape index (κ3) is 3.47. The van der Waals surface area contributed by atoms with Gasteiger partial charge in [0, 0.05) is 17.1 Å². The Morgan fingerprint density at radius 2 is 2.10 bits per heavy atom. The number of aromatic nitrogens is 2. The van der Waals surface area contributed by atoms with Crippen molar-refractivity contribution in [3.05, 3.63) is 48.0 Å². The van der Waals surface area contributed by atoms with Crippen LogP contribution in [-0.4, -0.2) is 41.1 Å². The molecule has 2 aromatic heterocycles. The van der Waals surface area contributed by atoms with Crippen LogP contribution in [0.4, 0.5) is 5.69 Å². The first-order chi connectivity index (χ1) is 14.0. The lowest BCUT2D eigenvalue weighted by atomic mass is 10.1. The third-order valence-corrected chi connectivity index (χ3v) is 5.59. The highest BCUT2D eigenvalue weighted by molar-refractivity contribution is 7.13. The molecule has 3 heterocycles. The summed E-state index contributed by atoms with van der Waals surface area (Å²) in [5.74, 6) is -0.244. The van der Waals surface area contributed by atoms with E-state index < -0.39 is 18.1 Å². The van der Waals surface area contributed by atoms with Gasteiger partial charge in [0.2, 0.25) is 0 Å². The predicted octanol–water partition coefficient (Wildman–Crippen LogP) is 3.55. The van der Waals surface area contributed by atoms with Crippen molar-refractivity contribution in [2.45, 2.75) is 26.0 Å². The van der Waals surface area contributed by atoms with Gasteiger partial charge in [0.25, 0.3) is 5.91 Å². The standard InChI is InChI=1S/C21H19N3O4S/c1-12(21(26)27-3)24-17-10-14(7-8-18(17)28-13(2)20(24)25)16-11-29-19(23-16)15-6-4-5-9-22-15/h4-13H,1-3H3. The molecule has 1 aliphatic heterocycles. The van der Waals surface area contributed by atoms with Gasteiger partial charge in [0.15, 0.2) is 6.10 Å². The van der Waals surface area contributed by atoms with Gasteiger partial charge in [-0.2, -0.15) is 0 Å². The molecule has 2 atom stereocenters. The summed E-state index contributed by atoms with van der Waals surface area (Å²) in [5, 5.41) is 2.74. The lowest BCUT2D eigenvalue weighted by molar-refractivity contribution is -0.143. The van der Waals surface area contributed by atoms with Crippen molar-refractivity contribution < 1.29 is 19.1 Å². The van der Waals surface area contributed by atoms with Crippen molar-refractivity contribution in [3.8, 4) is 27.7 Å². The number of ether oxygens (including phenoxy) is 2. The number of esters is 1. The number of hydrogen-bond donors (Lipinski definition) is 0. The van der Waals surface area contributed by atoms with E-state index in [9.17, 15) is 9.59 Å². The summed E-state index contributed by atoms with van der Waals surface area (Å²) in [4.78, 5) is 35.3. The highest BCUT2D eigenvalue weighted by atomic mass is 32.1. The zero-order chi connectivity index (χ0) is 20.5. The second-order valence-corrected chi connectivity index (χ2v) is 7.46. The van der Waals surface area contributed by atoms with E-state index in [1.165, 1.54) is 23.3 Å². The number of carbonyl (C=O) groups is 2. The number of pyridine rings is 1. The van der Waals surface area contributed by atoms with Crippen LogP contribution in [-0.2, 0) is 14.3 Å². The Balaban J connectivity index is 1.74. The maximum atomic E-state index is 12.8. The maximum Gasteiger partial charge on any atom is 0.328 e. The SMILES string of the molecule is COC(=O)C(C)N1C(=O)C(C)Oc2ccc(-c3csc(-c4ccccn4)n3)cc21. The second kappa shape index (κ2) is 7.63. The zero-order valence-corrected chi connectivity index (χ0v) is 17.0.